The van der Waals surface area contributed by atoms with Crippen LogP contribution < -0.4 is 0 Å². The van der Waals surface area contributed by atoms with E-state index < -0.39 is 11.9 Å². The van der Waals surface area contributed by atoms with Crippen molar-refractivity contribution in [3.05, 3.63) is 12.2 Å². The van der Waals surface area contributed by atoms with E-state index in [0.717, 1.165) is 0 Å². The van der Waals surface area contributed by atoms with Crippen LogP contribution in [-0.4, -0.2) is 49.5 Å². The standard InChI is InChI=1S/C4H4O4.5H2O.Zn/c5-3(6)1-2-4(7)8;;;;;;/h1-2H,(H,5,6)(H,7,8);5*1H2;/b2-1+;;;;;;. The summed E-state index contributed by atoms with van der Waals surface area (Å²) >= 11 is 0. The fraction of sp³-hybridized carbons (Fsp3) is 0. The van der Waals surface area contributed by atoms with Gasteiger partial charge in [-0.05, 0) is 0 Å². The molecule has 0 heterocycles. The fourth-order valence-corrected chi connectivity index (χ4v) is 0.143. The van der Waals surface area contributed by atoms with Crippen molar-refractivity contribution in [2.24, 2.45) is 0 Å². The predicted octanol–water partition coefficient (Wildman–Crippen LogP) is -4.41. The summed E-state index contributed by atoms with van der Waals surface area (Å²) in [5.74, 6) is -2.51. The van der Waals surface area contributed by atoms with Crippen molar-refractivity contribution < 1.29 is 66.7 Å². The first-order chi connectivity index (χ1) is 3.63. The Morgan fingerprint density at radius 2 is 0.857 bits per heavy atom. The molecule has 0 aliphatic carbocycles. The van der Waals surface area contributed by atoms with Gasteiger partial charge in [-0.15, -0.1) is 0 Å². The van der Waals surface area contributed by atoms with Crippen LogP contribution in [0, 0.1) is 0 Å². The first-order valence-corrected chi connectivity index (χ1v) is 1.77. The number of carboxylic acid groups (broad SMARTS) is 2. The minimum absolute atomic E-state index is 0. The molecule has 0 spiro atoms. The summed E-state index contributed by atoms with van der Waals surface area (Å²) in [6.45, 7) is 0. The van der Waals surface area contributed by atoms with E-state index in [1.807, 2.05) is 0 Å². The second kappa shape index (κ2) is 29.6. The van der Waals surface area contributed by atoms with Crippen LogP contribution in [-0.2, 0) is 29.1 Å². The van der Waals surface area contributed by atoms with Gasteiger partial charge in [0.25, 0.3) is 0 Å². The van der Waals surface area contributed by atoms with Crippen molar-refractivity contribution in [3.8, 4) is 0 Å². The van der Waals surface area contributed by atoms with E-state index in [0.29, 0.717) is 12.2 Å². The molecule has 0 atom stereocenters. The number of aliphatic carboxylic acids is 2. The molecule has 0 aliphatic heterocycles. The van der Waals surface area contributed by atoms with Gasteiger partial charge in [0.15, 0.2) is 0 Å². The van der Waals surface area contributed by atoms with Gasteiger partial charge in [-0.1, -0.05) is 0 Å². The molecule has 0 aromatic carbocycles. The first-order valence-electron chi connectivity index (χ1n) is 1.77. The van der Waals surface area contributed by atoms with Crippen LogP contribution in [0.15, 0.2) is 12.2 Å². The summed E-state index contributed by atoms with van der Waals surface area (Å²) < 4.78 is 0. The smallest absolute Gasteiger partial charge is 0.328 e. The number of carboxylic acids is 2. The molecule has 0 fully saturated rings. The van der Waals surface area contributed by atoms with Gasteiger partial charge in [0.05, 0.1) is 0 Å². The summed E-state index contributed by atoms with van der Waals surface area (Å²) in [7, 11) is 0. The Morgan fingerprint density at radius 3 is 0.929 bits per heavy atom. The summed E-state index contributed by atoms with van der Waals surface area (Å²) in [4.78, 5) is 19.1. The van der Waals surface area contributed by atoms with Crippen LogP contribution in [0.4, 0.5) is 0 Å². The third-order valence-electron chi connectivity index (χ3n) is 0.368. The van der Waals surface area contributed by atoms with Crippen molar-refractivity contribution in [1.29, 1.82) is 0 Å². The number of hydrogen-bond acceptors (Lipinski definition) is 2. The van der Waals surface area contributed by atoms with Gasteiger partial charge in [0.2, 0.25) is 0 Å². The molecule has 0 rings (SSSR count). The maximum atomic E-state index is 9.55. The quantitative estimate of drug-likeness (QED) is 0.373. The Kier molecular flexibility index (Phi) is 109. The van der Waals surface area contributed by atoms with E-state index in [-0.39, 0.29) is 46.9 Å². The normalized spacial score (nSPS) is 5.43. The maximum Gasteiger partial charge on any atom is 0.328 e. The summed E-state index contributed by atoms with van der Waals surface area (Å²) in [6, 6.07) is 0. The van der Waals surface area contributed by atoms with Crippen LogP contribution in [0.5, 0.6) is 0 Å². The molecule has 0 aromatic heterocycles. The van der Waals surface area contributed by atoms with Crippen molar-refractivity contribution in [3.63, 3.8) is 0 Å². The number of carbonyl (C=O) groups is 2. The molecule has 12 N–H and O–H groups in total. The Hall–Kier alpha value is -0.897. The first kappa shape index (κ1) is 51.5. The van der Waals surface area contributed by atoms with Gasteiger partial charge >= 0.3 is 11.9 Å². The molecular weight excluding hydrogens is 257 g/mol. The molecule has 9 nitrogen and oxygen atoms in total. The van der Waals surface area contributed by atoms with Crippen LogP contribution >= 0.6 is 0 Å². The molecule has 0 aliphatic rings. The van der Waals surface area contributed by atoms with Crippen molar-refractivity contribution in [2.75, 3.05) is 0 Å². The van der Waals surface area contributed by atoms with Gasteiger partial charge in [-0.3, -0.25) is 0 Å². The van der Waals surface area contributed by atoms with Gasteiger partial charge in [0.1, 0.15) is 0 Å². The minimum atomic E-state index is -1.26. The van der Waals surface area contributed by atoms with Crippen molar-refractivity contribution in [2.45, 2.75) is 0 Å². The van der Waals surface area contributed by atoms with Crippen LogP contribution in [0.2, 0.25) is 0 Å². The second-order valence-corrected chi connectivity index (χ2v) is 1.01. The number of rotatable bonds is 2. The molecule has 0 bridgehead atoms. The molecule has 0 radical (unpaired) electrons. The Bertz CT molecular complexity index is 128. The average molecular weight is 272 g/mol. The molecule has 10 heteroatoms. The minimum Gasteiger partial charge on any atom is -0.478 e. The number of hydrogen-bond donors (Lipinski definition) is 2. The van der Waals surface area contributed by atoms with Crippen LogP contribution in [0.25, 0.3) is 0 Å². The van der Waals surface area contributed by atoms with Crippen LogP contribution in [0.1, 0.15) is 0 Å². The zero-order valence-electron chi connectivity index (χ0n) is 7.07. The topological polar surface area (TPSA) is 232 Å². The Morgan fingerprint density at radius 1 is 0.714 bits per heavy atom. The maximum absolute atomic E-state index is 9.55. The molecule has 0 saturated carbocycles. The molecule has 0 saturated heterocycles. The SMILES string of the molecule is O.O.O.O.O.O=C(O)/C=C/C(=O)O.[Zn]. The van der Waals surface area contributed by atoms with Crippen molar-refractivity contribution in [1.82, 2.24) is 0 Å². The van der Waals surface area contributed by atoms with Gasteiger partial charge in [-0.2, -0.15) is 0 Å². The molecule has 0 aromatic rings. The summed E-state index contributed by atoms with van der Waals surface area (Å²) in [5, 5.41) is 15.6. The zero-order valence-corrected chi connectivity index (χ0v) is 10.0. The third kappa shape index (κ3) is 67.3. The van der Waals surface area contributed by atoms with E-state index in [2.05, 4.69) is 0 Å². The average Bonchev–Trinajstić information content (AvgIpc) is 1.61. The second-order valence-electron chi connectivity index (χ2n) is 1.01. The van der Waals surface area contributed by atoms with E-state index in [1.54, 1.807) is 0 Å². The van der Waals surface area contributed by atoms with Crippen LogP contribution in [0.3, 0.4) is 0 Å². The van der Waals surface area contributed by atoms with Crippen molar-refractivity contribution >= 4 is 11.9 Å². The van der Waals surface area contributed by atoms with Gasteiger partial charge in [0, 0.05) is 31.6 Å². The van der Waals surface area contributed by atoms with Gasteiger partial charge in [-0.25, -0.2) is 9.59 Å². The van der Waals surface area contributed by atoms with Gasteiger partial charge < -0.3 is 37.6 Å². The Balaban J connectivity index is -0.0000000163. The van der Waals surface area contributed by atoms with E-state index in [4.69, 9.17) is 10.2 Å². The molecular formula is C4H14O9Zn. The fourth-order valence-electron chi connectivity index (χ4n) is 0.143. The Labute approximate surface area is 91.3 Å². The molecule has 0 unspecified atom stereocenters. The summed E-state index contributed by atoms with van der Waals surface area (Å²) in [6.07, 6.45) is 1.12. The van der Waals surface area contributed by atoms with E-state index >= 15 is 0 Å². The zero-order chi connectivity index (χ0) is 6.57. The van der Waals surface area contributed by atoms with E-state index in [1.165, 1.54) is 0 Å². The monoisotopic (exact) mass is 270 g/mol. The van der Waals surface area contributed by atoms with E-state index in [9.17, 15) is 9.59 Å². The molecule has 86 valence electrons. The molecule has 14 heavy (non-hydrogen) atoms. The predicted molar refractivity (Wildman–Crippen MR) is 42.5 cm³/mol. The third-order valence-corrected chi connectivity index (χ3v) is 0.368. The molecule has 0 amide bonds. The largest absolute Gasteiger partial charge is 0.478 e. The summed E-state index contributed by atoms with van der Waals surface area (Å²) in [5.41, 5.74) is 0.